The van der Waals surface area contributed by atoms with Crippen LogP contribution in [0.15, 0.2) is 58.3 Å². The third-order valence-corrected chi connectivity index (χ3v) is 7.73. The number of nitrogens with one attached hydrogen (secondary N) is 1. The third kappa shape index (κ3) is 4.22. The molecule has 9 heteroatoms. The monoisotopic (exact) mass is 410 g/mol. The second-order valence-corrected chi connectivity index (χ2v) is 10.3. The number of ether oxygens (including phenoxy) is 1. The standard InChI is InChI=1S/C18H22N2O5S2/c1-20(2)27(23,24)16-9-7-15(8-10-16)26(21,22)19-13-18-17-6-4-3-5-14(17)11-12-25-18/h3-10,18-19H,11-13H2,1-2H3/t18-/m0/s1. The lowest BCUT2D eigenvalue weighted by molar-refractivity contribution is 0.0460. The van der Waals surface area contributed by atoms with Crippen molar-refractivity contribution in [1.82, 2.24) is 9.03 Å². The van der Waals surface area contributed by atoms with E-state index in [4.69, 9.17) is 4.74 Å². The van der Waals surface area contributed by atoms with Crippen LogP contribution in [0.2, 0.25) is 0 Å². The summed E-state index contributed by atoms with van der Waals surface area (Å²) in [6.07, 6.45) is 0.458. The second kappa shape index (κ2) is 7.69. The smallest absolute Gasteiger partial charge is 0.242 e. The Morgan fingerprint density at radius 2 is 1.63 bits per heavy atom. The Balaban J connectivity index is 1.75. The molecule has 1 aliphatic heterocycles. The zero-order valence-electron chi connectivity index (χ0n) is 15.1. The van der Waals surface area contributed by atoms with E-state index >= 15 is 0 Å². The topological polar surface area (TPSA) is 92.8 Å². The highest BCUT2D eigenvalue weighted by Crippen LogP contribution is 2.26. The number of rotatable bonds is 6. The molecule has 1 heterocycles. The van der Waals surface area contributed by atoms with Gasteiger partial charge in [0.15, 0.2) is 0 Å². The summed E-state index contributed by atoms with van der Waals surface area (Å²) in [6.45, 7) is 0.650. The fraction of sp³-hybridized carbons (Fsp3) is 0.333. The molecule has 0 saturated heterocycles. The molecule has 7 nitrogen and oxygen atoms in total. The molecule has 0 unspecified atom stereocenters. The van der Waals surface area contributed by atoms with Crippen LogP contribution in [0.1, 0.15) is 17.2 Å². The summed E-state index contributed by atoms with van der Waals surface area (Å²) < 4.78 is 58.6. The maximum Gasteiger partial charge on any atom is 0.242 e. The van der Waals surface area contributed by atoms with Gasteiger partial charge in [-0.2, -0.15) is 0 Å². The van der Waals surface area contributed by atoms with Crippen molar-refractivity contribution in [3.05, 3.63) is 59.7 Å². The molecule has 1 aliphatic rings. The van der Waals surface area contributed by atoms with Gasteiger partial charge >= 0.3 is 0 Å². The van der Waals surface area contributed by atoms with Gasteiger partial charge in [0.05, 0.1) is 22.5 Å². The highest BCUT2D eigenvalue weighted by atomic mass is 32.2. The molecular weight excluding hydrogens is 388 g/mol. The van der Waals surface area contributed by atoms with Gasteiger partial charge in [-0.3, -0.25) is 0 Å². The van der Waals surface area contributed by atoms with E-state index in [0.29, 0.717) is 6.61 Å². The summed E-state index contributed by atoms with van der Waals surface area (Å²) >= 11 is 0. The third-order valence-electron chi connectivity index (χ3n) is 4.46. The van der Waals surface area contributed by atoms with Gasteiger partial charge < -0.3 is 4.74 Å². The van der Waals surface area contributed by atoms with E-state index in [-0.39, 0.29) is 22.4 Å². The van der Waals surface area contributed by atoms with Gasteiger partial charge in [-0.15, -0.1) is 0 Å². The molecular formula is C18H22N2O5S2. The molecule has 0 fully saturated rings. The van der Waals surface area contributed by atoms with Crippen molar-refractivity contribution in [2.45, 2.75) is 22.3 Å². The molecule has 2 aromatic carbocycles. The van der Waals surface area contributed by atoms with Crippen molar-refractivity contribution in [3.8, 4) is 0 Å². The van der Waals surface area contributed by atoms with Crippen LogP contribution in [0.5, 0.6) is 0 Å². The van der Waals surface area contributed by atoms with Crippen LogP contribution in [-0.4, -0.2) is 48.4 Å². The Hall–Kier alpha value is -1.78. The zero-order chi connectivity index (χ0) is 19.7. The minimum atomic E-state index is -3.78. The SMILES string of the molecule is CN(C)S(=O)(=O)c1ccc(S(=O)(=O)NC[C@@H]2OCCc3ccccc32)cc1. The summed E-state index contributed by atoms with van der Waals surface area (Å²) in [5, 5.41) is 0. The number of sulfonamides is 2. The molecule has 1 atom stereocenters. The average Bonchev–Trinajstić information content (AvgIpc) is 2.66. The first-order valence-corrected chi connectivity index (χ1v) is 11.4. The summed E-state index contributed by atoms with van der Waals surface area (Å²) in [5.41, 5.74) is 2.14. The number of hydrogen-bond donors (Lipinski definition) is 1. The lowest BCUT2D eigenvalue weighted by atomic mass is 9.98. The van der Waals surface area contributed by atoms with Crippen molar-refractivity contribution < 1.29 is 21.6 Å². The van der Waals surface area contributed by atoms with E-state index < -0.39 is 20.0 Å². The van der Waals surface area contributed by atoms with Gasteiger partial charge in [0.1, 0.15) is 0 Å². The molecule has 0 aromatic heterocycles. The molecule has 0 amide bonds. The molecule has 3 rings (SSSR count). The highest BCUT2D eigenvalue weighted by Gasteiger charge is 2.24. The molecule has 0 saturated carbocycles. The fourth-order valence-corrected chi connectivity index (χ4v) is 4.85. The van der Waals surface area contributed by atoms with Gasteiger partial charge in [-0.1, -0.05) is 24.3 Å². The van der Waals surface area contributed by atoms with Crippen molar-refractivity contribution in [2.75, 3.05) is 27.2 Å². The van der Waals surface area contributed by atoms with Crippen LogP contribution >= 0.6 is 0 Å². The predicted octanol–water partition coefficient (Wildman–Crippen LogP) is 1.53. The number of nitrogens with zero attached hydrogens (tertiary/aromatic N) is 1. The number of benzene rings is 2. The lowest BCUT2D eigenvalue weighted by Gasteiger charge is -2.26. The Kier molecular flexibility index (Phi) is 5.68. The van der Waals surface area contributed by atoms with Crippen molar-refractivity contribution >= 4 is 20.0 Å². The predicted molar refractivity (Wildman–Crippen MR) is 101 cm³/mol. The zero-order valence-corrected chi connectivity index (χ0v) is 16.8. The van der Waals surface area contributed by atoms with E-state index in [1.807, 2.05) is 24.3 Å². The fourth-order valence-electron chi connectivity index (χ4n) is 2.92. The largest absolute Gasteiger partial charge is 0.372 e. The van der Waals surface area contributed by atoms with E-state index in [1.54, 1.807) is 0 Å². The molecule has 0 radical (unpaired) electrons. The maximum absolute atomic E-state index is 12.6. The van der Waals surface area contributed by atoms with Gasteiger partial charge in [-0.05, 0) is 41.8 Å². The first kappa shape index (κ1) is 20.0. The Labute approximate surface area is 160 Å². The van der Waals surface area contributed by atoms with Crippen molar-refractivity contribution in [2.24, 2.45) is 0 Å². The molecule has 1 N–H and O–H groups in total. The Bertz CT molecular complexity index is 1020. The van der Waals surface area contributed by atoms with Crippen LogP contribution in [-0.2, 0) is 31.2 Å². The quantitative estimate of drug-likeness (QED) is 0.780. The number of hydrogen-bond acceptors (Lipinski definition) is 5. The summed E-state index contributed by atoms with van der Waals surface area (Å²) in [6, 6.07) is 13.0. The first-order chi connectivity index (χ1) is 12.7. The van der Waals surface area contributed by atoms with E-state index in [2.05, 4.69) is 4.72 Å². The van der Waals surface area contributed by atoms with Gasteiger partial charge in [0.2, 0.25) is 20.0 Å². The molecule has 0 bridgehead atoms. The summed E-state index contributed by atoms with van der Waals surface area (Å²) in [5.74, 6) is 0. The van der Waals surface area contributed by atoms with Crippen LogP contribution in [0.3, 0.4) is 0 Å². The lowest BCUT2D eigenvalue weighted by Crippen LogP contribution is -2.32. The Morgan fingerprint density at radius 3 is 2.30 bits per heavy atom. The van der Waals surface area contributed by atoms with Crippen LogP contribution in [0.4, 0.5) is 0 Å². The summed E-state index contributed by atoms with van der Waals surface area (Å²) in [7, 11) is -4.55. The van der Waals surface area contributed by atoms with E-state index in [0.717, 1.165) is 21.9 Å². The second-order valence-electron chi connectivity index (χ2n) is 6.42. The molecule has 2 aromatic rings. The van der Waals surface area contributed by atoms with Crippen molar-refractivity contribution in [1.29, 1.82) is 0 Å². The van der Waals surface area contributed by atoms with E-state index in [1.165, 1.54) is 38.4 Å². The molecule has 27 heavy (non-hydrogen) atoms. The number of fused-ring (bicyclic) bond motifs is 1. The molecule has 0 aliphatic carbocycles. The van der Waals surface area contributed by atoms with Crippen LogP contribution < -0.4 is 4.72 Å². The van der Waals surface area contributed by atoms with Gasteiger partial charge in [-0.25, -0.2) is 25.9 Å². The minimum absolute atomic E-state index is 0.00398. The van der Waals surface area contributed by atoms with Crippen molar-refractivity contribution in [3.63, 3.8) is 0 Å². The Morgan fingerprint density at radius 1 is 1.00 bits per heavy atom. The first-order valence-electron chi connectivity index (χ1n) is 8.43. The molecule has 0 spiro atoms. The minimum Gasteiger partial charge on any atom is -0.372 e. The van der Waals surface area contributed by atoms with Crippen LogP contribution in [0, 0.1) is 0 Å². The van der Waals surface area contributed by atoms with E-state index in [9.17, 15) is 16.8 Å². The normalized spacial score (nSPS) is 17.7. The summed E-state index contributed by atoms with van der Waals surface area (Å²) in [4.78, 5) is 0.0419. The van der Waals surface area contributed by atoms with Crippen LogP contribution in [0.25, 0.3) is 0 Å². The average molecular weight is 411 g/mol. The van der Waals surface area contributed by atoms with Gasteiger partial charge in [0, 0.05) is 20.6 Å². The van der Waals surface area contributed by atoms with Gasteiger partial charge in [0.25, 0.3) is 0 Å². The highest BCUT2D eigenvalue weighted by molar-refractivity contribution is 7.89. The maximum atomic E-state index is 12.6. The molecule has 146 valence electrons.